The van der Waals surface area contributed by atoms with Crippen LogP contribution in [-0.4, -0.2) is 82.6 Å². The average molecular weight is 549 g/mol. The summed E-state index contributed by atoms with van der Waals surface area (Å²) in [4.78, 5) is 12.6. The summed E-state index contributed by atoms with van der Waals surface area (Å²) in [6.07, 6.45) is 4.30. The van der Waals surface area contributed by atoms with Gasteiger partial charge in [0.1, 0.15) is 11.5 Å². The molecule has 12 heteroatoms. The fourth-order valence-electron chi connectivity index (χ4n) is 3.48. The molecule has 0 amide bonds. The van der Waals surface area contributed by atoms with E-state index in [2.05, 4.69) is 9.97 Å². The van der Waals surface area contributed by atoms with Crippen LogP contribution in [0.5, 0.6) is 11.5 Å². The van der Waals surface area contributed by atoms with E-state index in [1.807, 2.05) is 47.9 Å². The number of nitrogens with zero attached hydrogens (tertiary/aromatic N) is 4. The van der Waals surface area contributed by atoms with Gasteiger partial charge in [0, 0.05) is 61.6 Å². The minimum atomic E-state index is 0.0545. The molecule has 0 saturated heterocycles. The van der Waals surface area contributed by atoms with Crippen LogP contribution in [0.15, 0.2) is 36.7 Å². The van der Waals surface area contributed by atoms with Gasteiger partial charge in [-0.25, -0.2) is 0 Å². The number of hydrogen-bond donors (Lipinski definition) is 4. The van der Waals surface area contributed by atoms with E-state index < -0.39 is 0 Å². The van der Waals surface area contributed by atoms with E-state index in [-0.39, 0.29) is 11.9 Å². The van der Waals surface area contributed by atoms with Gasteiger partial charge in [-0.05, 0) is 44.5 Å². The van der Waals surface area contributed by atoms with Crippen molar-refractivity contribution in [2.24, 2.45) is 11.5 Å². The summed E-state index contributed by atoms with van der Waals surface area (Å²) < 4.78 is 11.3. The van der Waals surface area contributed by atoms with Crippen molar-refractivity contribution in [2.75, 3.05) is 50.9 Å². The molecule has 0 aliphatic heterocycles. The Hall–Kier alpha value is -2.86. The Morgan fingerprint density at radius 2 is 1.22 bits per heavy atom. The maximum atomic E-state index is 7.94. The largest absolute Gasteiger partial charge is 0.492 e. The molecule has 37 heavy (non-hydrogen) atoms. The number of thioether (sulfide) groups is 2. The molecule has 0 aromatic carbocycles. The number of pyridine rings is 2. The van der Waals surface area contributed by atoms with Gasteiger partial charge in [-0.2, -0.15) is 23.5 Å². The van der Waals surface area contributed by atoms with Crippen LogP contribution in [0.3, 0.4) is 0 Å². The van der Waals surface area contributed by atoms with Gasteiger partial charge in [0.2, 0.25) is 0 Å². The monoisotopic (exact) mass is 548 g/mol. The minimum Gasteiger partial charge on any atom is -0.492 e. The van der Waals surface area contributed by atoms with Crippen LogP contribution >= 0.6 is 23.5 Å². The Labute approximate surface area is 228 Å². The molecule has 0 aliphatic rings. The minimum absolute atomic E-state index is 0.0545. The zero-order chi connectivity index (χ0) is 26.9. The standard InChI is InChI=1S/C25H40N8O2S2/c1-3-34-22-8-5-10-30-20(22)18-36-16-14-32(24(26)27)12-7-13-33(25(28)29)15-17-37-19-21-23(35-4-2)9-6-11-31-21/h5-6,8-11H,3-4,7,12-19H2,1-2H3,(H3,26,27)(H3,28,29). The van der Waals surface area contributed by atoms with Crippen molar-refractivity contribution in [1.29, 1.82) is 10.8 Å². The summed E-state index contributed by atoms with van der Waals surface area (Å²) in [5, 5.41) is 15.9. The van der Waals surface area contributed by atoms with E-state index in [9.17, 15) is 0 Å². The van der Waals surface area contributed by atoms with E-state index in [1.54, 1.807) is 35.9 Å². The summed E-state index contributed by atoms with van der Waals surface area (Å²) in [7, 11) is 0. The molecule has 0 aliphatic carbocycles. The predicted molar refractivity (Wildman–Crippen MR) is 155 cm³/mol. The third-order valence-electron chi connectivity index (χ3n) is 5.32. The topological polar surface area (TPSA) is 150 Å². The Morgan fingerprint density at radius 1 is 0.784 bits per heavy atom. The van der Waals surface area contributed by atoms with Crippen molar-refractivity contribution < 1.29 is 9.47 Å². The van der Waals surface area contributed by atoms with Crippen LogP contribution in [0.4, 0.5) is 0 Å². The fraction of sp³-hybridized carbons (Fsp3) is 0.520. The maximum absolute atomic E-state index is 7.94. The molecule has 204 valence electrons. The lowest BCUT2D eigenvalue weighted by molar-refractivity contribution is 0.335. The van der Waals surface area contributed by atoms with Crippen molar-refractivity contribution in [3.63, 3.8) is 0 Å². The first kappa shape index (κ1) is 30.4. The van der Waals surface area contributed by atoms with Gasteiger partial charge in [-0.3, -0.25) is 20.8 Å². The smallest absolute Gasteiger partial charge is 0.188 e. The van der Waals surface area contributed by atoms with Crippen molar-refractivity contribution in [2.45, 2.75) is 31.8 Å². The molecule has 10 nitrogen and oxygen atoms in total. The van der Waals surface area contributed by atoms with E-state index in [0.717, 1.165) is 52.3 Å². The molecule has 2 heterocycles. The van der Waals surface area contributed by atoms with Crippen LogP contribution in [0.2, 0.25) is 0 Å². The summed E-state index contributed by atoms with van der Waals surface area (Å²) in [5.74, 6) is 4.84. The lowest BCUT2D eigenvalue weighted by atomic mass is 10.3. The van der Waals surface area contributed by atoms with Gasteiger partial charge in [0.25, 0.3) is 0 Å². The third-order valence-corrected chi connectivity index (χ3v) is 7.22. The Bertz CT molecular complexity index is 890. The van der Waals surface area contributed by atoms with Crippen LogP contribution in [0.25, 0.3) is 0 Å². The van der Waals surface area contributed by atoms with Crippen molar-refractivity contribution >= 4 is 35.4 Å². The van der Waals surface area contributed by atoms with Crippen LogP contribution in [0.1, 0.15) is 31.7 Å². The highest BCUT2D eigenvalue weighted by Gasteiger charge is 2.12. The SMILES string of the molecule is CCOc1cccnc1CSCCN(CCCN(CCSCc1ncccc1OCC)C(=N)N)C(=N)N. The van der Waals surface area contributed by atoms with E-state index in [0.29, 0.717) is 39.4 Å². The second-order valence-corrected chi connectivity index (χ2v) is 10.2. The molecule has 2 aromatic heterocycles. The van der Waals surface area contributed by atoms with Crippen LogP contribution < -0.4 is 20.9 Å². The molecular formula is C25H40N8O2S2. The van der Waals surface area contributed by atoms with E-state index in [4.69, 9.17) is 31.8 Å². The predicted octanol–water partition coefficient (Wildman–Crippen LogP) is 3.22. The Kier molecular flexibility index (Phi) is 14.4. The van der Waals surface area contributed by atoms with Crippen molar-refractivity contribution in [1.82, 2.24) is 19.8 Å². The van der Waals surface area contributed by atoms with Gasteiger partial charge in [-0.15, -0.1) is 0 Å². The van der Waals surface area contributed by atoms with E-state index >= 15 is 0 Å². The van der Waals surface area contributed by atoms with E-state index in [1.165, 1.54) is 0 Å². The molecule has 0 spiro atoms. The molecule has 0 atom stereocenters. The normalized spacial score (nSPS) is 10.6. The number of nitrogens with one attached hydrogen (secondary N) is 2. The summed E-state index contributed by atoms with van der Waals surface area (Å²) >= 11 is 3.47. The summed E-state index contributed by atoms with van der Waals surface area (Å²) in [6.45, 7) is 7.73. The number of ether oxygens (including phenoxy) is 2. The van der Waals surface area contributed by atoms with Crippen molar-refractivity contribution in [3.8, 4) is 11.5 Å². The molecule has 0 radical (unpaired) electrons. The first-order chi connectivity index (χ1) is 18.0. The van der Waals surface area contributed by atoms with Gasteiger partial charge in [0.05, 0.1) is 24.6 Å². The molecule has 2 rings (SSSR count). The lowest BCUT2D eigenvalue weighted by Gasteiger charge is -2.26. The highest BCUT2D eigenvalue weighted by Crippen LogP contribution is 2.22. The fourth-order valence-corrected chi connectivity index (χ4v) is 5.29. The summed E-state index contributed by atoms with van der Waals surface area (Å²) in [5.41, 5.74) is 13.5. The molecular weight excluding hydrogens is 508 g/mol. The highest BCUT2D eigenvalue weighted by atomic mass is 32.2. The second-order valence-electron chi connectivity index (χ2n) is 7.97. The Balaban J connectivity index is 1.71. The zero-order valence-electron chi connectivity index (χ0n) is 21.8. The molecule has 6 N–H and O–H groups in total. The first-order valence-electron chi connectivity index (χ1n) is 12.4. The van der Waals surface area contributed by atoms with Gasteiger partial charge in [0.15, 0.2) is 11.9 Å². The van der Waals surface area contributed by atoms with Crippen LogP contribution in [0, 0.1) is 10.8 Å². The highest BCUT2D eigenvalue weighted by molar-refractivity contribution is 7.98. The molecule has 0 unspecified atom stereocenters. The van der Waals surface area contributed by atoms with Gasteiger partial charge >= 0.3 is 0 Å². The van der Waals surface area contributed by atoms with Crippen molar-refractivity contribution in [3.05, 3.63) is 48.0 Å². The van der Waals surface area contributed by atoms with Crippen LogP contribution in [-0.2, 0) is 11.5 Å². The summed E-state index contributed by atoms with van der Waals surface area (Å²) in [6, 6.07) is 7.62. The molecule has 0 bridgehead atoms. The third kappa shape index (κ3) is 11.4. The zero-order valence-corrected chi connectivity index (χ0v) is 23.5. The van der Waals surface area contributed by atoms with Gasteiger partial charge in [-0.1, -0.05) is 0 Å². The maximum Gasteiger partial charge on any atom is 0.188 e. The average Bonchev–Trinajstić information content (AvgIpc) is 2.88. The number of aromatic nitrogens is 2. The lowest BCUT2D eigenvalue weighted by Crippen LogP contribution is -2.42. The number of nitrogens with two attached hydrogens (primary N) is 2. The quantitative estimate of drug-likeness (QED) is 0.124. The number of rotatable bonds is 18. The van der Waals surface area contributed by atoms with Gasteiger partial charge < -0.3 is 30.7 Å². The molecule has 2 aromatic rings. The second kappa shape index (κ2) is 17.6. The number of guanidine groups is 2. The number of hydrogen-bond acceptors (Lipinski definition) is 8. The first-order valence-corrected chi connectivity index (χ1v) is 14.7. The Morgan fingerprint density at radius 3 is 1.59 bits per heavy atom. The molecule has 0 fully saturated rings. The molecule has 0 saturated carbocycles.